The molecule has 2 heteroatoms. The first-order valence-corrected chi connectivity index (χ1v) is 5.86. The molecule has 0 saturated carbocycles. The van der Waals surface area contributed by atoms with Gasteiger partial charge in [-0.25, -0.2) is 0 Å². The normalized spacial score (nSPS) is 18.9. The Kier molecular flexibility index (Phi) is 3.62. The third kappa shape index (κ3) is 2.27. The smallest absolute Gasteiger partial charge is 0.119 e. The highest BCUT2D eigenvalue weighted by molar-refractivity contribution is 5.39. The maximum Gasteiger partial charge on any atom is 0.119 e. The zero-order valence-electron chi connectivity index (χ0n) is 9.83. The monoisotopic (exact) mass is 217 g/mol. The second-order valence-electron chi connectivity index (χ2n) is 4.21. The van der Waals surface area contributed by atoms with Gasteiger partial charge in [0.25, 0.3) is 0 Å². The Morgan fingerprint density at radius 3 is 3.19 bits per heavy atom. The highest BCUT2D eigenvalue weighted by atomic mass is 16.5. The Balaban J connectivity index is 2.21. The summed E-state index contributed by atoms with van der Waals surface area (Å²) in [5, 5.41) is 3.51. The summed E-state index contributed by atoms with van der Waals surface area (Å²) in [4.78, 5) is 0. The first-order valence-electron chi connectivity index (χ1n) is 5.86. The van der Waals surface area contributed by atoms with Gasteiger partial charge >= 0.3 is 0 Å². The van der Waals surface area contributed by atoms with Crippen LogP contribution in [0.3, 0.4) is 0 Å². The molecule has 0 aromatic heterocycles. The average Bonchev–Trinajstić information content (AvgIpc) is 2.35. The minimum Gasteiger partial charge on any atom is -0.497 e. The molecule has 1 unspecified atom stereocenters. The number of rotatable bonds is 4. The Bertz CT molecular complexity index is 373. The van der Waals surface area contributed by atoms with Crippen LogP contribution in [0, 0.1) is 0 Å². The average molecular weight is 217 g/mol. The Morgan fingerprint density at radius 1 is 1.56 bits per heavy atom. The van der Waals surface area contributed by atoms with E-state index in [0.29, 0.717) is 6.04 Å². The van der Waals surface area contributed by atoms with E-state index >= 15 is 0 Å². The summed E-state index contributed by atoms with van der Waals surface area (Å²) in [6, 6.07) is 6.88. The zero-order valence-corrected chi connectivity index (χ0v) is 9.83. The lowest BCUT2D eigenvalue weighted by molar-refractivity contribution is 0.411. The fourth-order valence-corrected chi connectivity index (χ4v) is 2.36. The molecule has 0 aliphatic heterocycles. The van der Waals surface area contributed by atoms with Crippen molar-refractivity contribution in [1.29, 1.82) is 0 Å². The predicted octanol–water partition coefficient (Wildman–Crippen LogP) is 2.85. The van der Waals surface area contributed by atoms with Crippen LogP contribution in [0.15, 0.2) is 30.9 Å². The van der Waals surface area contributed by atoms with E-state index in [1.807, 2.05) is 12.1 Å². The fourth-order valence-electron chi connectivity index (χ4n) is 2.36. The van der Waals surface area contributed by atoms with E-state index in [4.69, 9.17) is 4.74 Å². The van der Waals surface area contributed by atoms with Crippen molar-refractivity contribution in [2.24, 2.45) is 0 Å². The summed E-state index contributed by atoms with van der Waals surface area (Å²) in [6.07, 6.45) is 5.54. The molecule has 0 radical (unpaired) electrons. The maximum absolute atomic E-state index is 5.26. The zero-order chi connectivity index (χ0) is 11.4. The Hall–Kier alpha value is -1.28. The highest BCUT2D eigenvalue weighted by Gasteiger charge is 2.19. The van der Waals surface area contributed by atoms with Crippen LogP contribution in [0.1, 0.15) is 30.0 Å². The topological polar surface area (TPSA) is 21.3 Å². The van der Waals surface area contributed by atoms with E-state index in [1.54, 1.807) is 7.11 Å². The number of ether oxygens (including phenoxy) is 1. The number of methoxy groups -OCH3 is 1. The molecule has 0 amide bonds. The van der Waals surface area contributed by atoms with E-state index in [9.17, 15) is 0 Å². The van der Waals surface area contributed by atoms with E-state index < -0.39 is 0 Å². The molecule has 1 aliphatic carbocycles. The summed E-state index contributed by atoms with van der Waals surface area (Å²) in [5.41, 5.74) is 2.85. The lowest BCUT2D eigenvalue weighted by atomic mass is 9.87. The first-order chi connectivity index (χ1) is 7.85. The summed E-state index contributed by atoms with van der Waals surface area (Å²) in [6.45, 7) is 4.62. The summed E-state index contributed by atoms with van der Waals surface area (Å²) >= 11 is 0. The van der Waals surface area contributed by atoms with Crippen LogP contribution in [0.25, 0.3) is 0 Å². The molecule has 1 atom stereocenters. The Morgan fingerprint density at radius 2 is 2.44 bits per heavy atom. The molecule has 1 N–H and O–H groups in total. The largest absolute Gasteiger partial charge is 0.497 e. The summed E-state index contributed by atoms with van der Waals surface area (Å²) in [7, 11) is 1.72. The lowest BCUT2D eigenvalue weighted by Crippen LogP contribution is -2.25. The van der Waals surface area contributed by atoms with Crippen molar-refractivity contribution in [2.45, 2.75) is 25.3 Å². The van der Waals surface area contributed by atoms with E-state index in [2.05, 4.69) is 24.0 Å². The van der Waals surface area contributed by atoms with E-state index in [1.165, 1.54) is 30.4 Å². The van der Waals surface area contributed by atoms with E-state index in [-0.39, 0.29) is 0 Å². The molecular weight excluding hydrogens is 198 g/mol. The molecule has 16 heavy (non-hydrogen) atoms. The van der Waals surface area contributed by atoms with Gasteiger partial charge in [-0.2, -0.15) is 0 Å². The van der Waals surface area contributed by atoms with Crippen LogP contribution >= 0.6 is 0 Å². The van der Waals surface area contributed by atoms with Gasteiger partial charge in [-0.3, -0.25) is 0 Å². The number of benzene rings is 1. The Labute approximate surface area is 97.3 Å². The van der Waals surface area contributed by atoms with Crippen molar-refractivity contribution in [3.8, 4) is 5.75 Å². The van der Waals surface area contributed by atoms with Gasteiger partial charge in [-0.1, -0.05) is 12.1 Å². The number of nitrogens with one attached hydrogen (secondary N) is 1. The van der Waals surface area contributed by atoms with Gasteiger partial charge in [0.05, 0.1) is 7.11 Å². The van der Waals surface area contributed by atoms with Crippen LogP contribution in [0.2, 0.25) is 0 Å². The molecule has 0 saturated heterocycles. The molecule has 0 bridgehead atoms. The minimum atomic E-state index is 0.479. The van der Waals surface area contributed by atoms with Crippen molar-refractivity contribution in [2.75, 3.05) is 13.7 Å². The highest BCUT2D eigenvalue weighted by Crippen LogP contribution is 2.31. The van der Waals surface area contributed by atoms with Gasteiger partial charge in [0, 0.05) is 12.6 Å². The van der Waals surface area contributed by atoms with Crippen molar-refractivity contribution in [1.82, 2.24) is 5.32 Å². The van der Waals surface area contributed by atoms with Crippen LogP contribution in [-0.4, -0.2) is 13.7 Å². The third-order valence-electron chi connectivity index (χ3n) is 3.17. The number of aryl methyl sites for hydroxylation is 1. The number of fused-ring (bicyclic) bond motifs is 1. The van der Waals surface area contributed by atoms with Crippen molar-refractivity contribution in [3.05, 3.63) is 42.0 Å². The molecule has 1 aromatic carbocycles. The molecule has 0 heterocycles. The van der Waals surface area contributed by atoms with Gasteiger partial charge in [0.15, 0.2) is 0 Å². The van der Waals surface area contributed by atoms with Crippen molar-refractivity contribution in [3.63, 3.8) is 0 Å². The van der Waals surface area contributed by atoms with E-state index in [0.717, 1.165) is 12.3 Å². The summed E-state index contributed by atoms with van der Waals surface area (Å²) in [5.74, 6) is 0.961. The number of hydrogen-bond donors (Lipinski definition) is 1. The molecule has 2 rings (SSSR count). The molecule has 1 aliphatic rings. The second kappa shape index (κ2) is 5.17. The molecule has 0 fully saturated rings. The second-order valence-corrected chi connectivity index (χ2v) is 4.21. The van der Waals surface area contributed by atoms with Crippen LogP contribution in [-0.2, 0) is 6.42 Å². The first kappa shape index (κ1) is 11.2. The predicted molar refractivity (Wildman–Crippen MR) is 66.9 cm³/mol. The van der Waals surface area contributed by atoms with Gasteiger partial charge in [-0.05, 0) is 42.5 Å². The van der Waals surface area contributed by atoms with Crippen LogP contribution < -0.4 is 10.1 Å². The third-order valence-corrected chi connectivity index (χ3v) is 3.17. The SMILES string of the molecule is C=CCNC1CCCc2cc(OC)ccc21. The quantitative estimate of drug-likeness (QED) is 0.783. The number of hydrogen-bond acceptors (Lipinski definition) is 2. The summed E-state index contributed by atoms with van der Waals surface area (Å²) < 4.78 is 5.26. The maximum atomic E-state index is 5.26. The molecule has 0 spiro atoms. The van der Waals surface area contributed by atoms with Crippen molar-refractivity contribution >= 4 is 0 Å². The van der Waals surface area contributed by atoms with Crippen LogP contribution in [0.5, 0.6) is 5.75 Å². The van der Waals surface area contributed by atoms with Crippen LogP contribution in [0.4, 0.5) is 0 Å². The van der Waals surface area contributed by atoms with Gasteiger partial charge in [0.2, 0.25) is 0 Å². The molecule has 1 aromatic rings. The lowest BCUT2D eigenvalue weighted by Gasteiger charge is -2.26. The van der Waals surface area contributed by atoms with Crippen molar-refractivity contribution < 1.29 is 4.74 Å². The van der Waals surface area contributed by atoms with Gasteiger partial charge < -0.3 is 10.1 Å². The minimum absolute atomic E-state index is 0.479. The van der Waals surface area contributed by atoms with Gasteiger partial charge in [-0.15, -0.1) is 6.58 Å². The standard InChI is InChI=1S/C14H19NO/c1-3-9-15-14-6-4-5-11-10-12(16-2)7-8-13(11)14/h3,7-8,10,14-15H,1,4-6,9H2,2H3. The van der Waals surface area contributed by atoms with Gasteiger partial charge in [0.1, 0.15) is 5.75 Å². The molecule has 86 valence electrons. The fraction of sp³-hybridized carbons (Fsp3) is 0.429. The molecular formula is C14H19NO. The molecule has 2 nitrogen and oxygen atoms in total.